The molecule has 3 aromatic carbocycles. The van der Waals surface area contributed by atoms with Crippen molar-refractivity contribution in [2.45, 2.75) is 11.8 Å². The third-order valence-electron chi connectivity index (χ3n) is 4.32. The van der Waals surface area contributed by atoms with Crippen LogP contribution in [0.25, 0.3) is 0 Å². The Bertz CT molecular complexity index is 1100. The van der Waals surface area contributed by atoms with Gasteiger partial charge in [-0.05, 0) is 61.0 Å². The van der Waals surface area contributed by atoms with E-state index in [0.717, 1.165) is 0 Å². The van der Waals surface area contributed by atoms with Crippen molar-refractivity contribution in [2.24, 2.45) is 0 Å². The maximum Gasteiger partial charge on any atom is 0.264 e. The summed E-state index contributed by atoms with van der Waals surface area (Å²) in [6.07, 6.45) is 0. The van der Waals surface area contributed by atoms with Gasteiger partial charge in [0.15, 0.2) is 0 Å². The monoisotopic (exact) mass is 398 g/mol. The number of hydrogen-bond acceptors (Lipinski definition) is 3. The lowest BCUT2D eigenvalue weighted by Crippen LogP contribution is -2.26. The minimum absolute atomic E-state index is 0.0665. The number of hydrogen-bond donors (Lipinski definition) is 1. The van der Waals surface area contributed by atoms with E-state index < -0.39 is 21.7 Å². The molecule has 0 bridgehead atoms. The highest BCUT2D eigenvalue weighted by molar-refractivity contribution is 7.92. The van der Waals surface area contributed by atoms with Gasteiger partial charge in [-0.25, -0.2) is 12.8 Å². The van der Waals surface area contributed by atoms with Crippen molar-refractivity contribution in [1.29, 1.82) is 0 Å². The van der Waals surface area contributed by atoms with Crippen molar-refractivity contribution in [3.63, 3.8) is 0 Å². The summed E-state index contributed by atoms with van der Waals surface area (Å²) in [4.78, 5) is 12.4. The number of carbonyl (C=O) groups is 1. The minimum atomic E-state index is -3.75. The molecule has 0 spiro atoms. The molecule has 0 heterocycles. The Morgan fingerprint density at radius 3 is 2.21 bits per heavy atom. The van der Waals surface area contributed by atoms with E-state index in [0.29, 0.717) is 16.9 Å². The van der Waals surface area contributed by atoms with E-state index in [1.807, 2.05) is 0 Å². The first kappa shape index (κ1) is 19.6. The summed E-state index contributed by atoms with van der Waals surface area (Å²) in [6, 6.07) is 18.7. The third-order valence-corrected chi connectivity index (χ3v) is 6.12. The van der Waals surface area contributed by atoms with Gasteiger partial charge in [-0.3, -0.25) is 9.10 Å². The zero-order valence-corrected chi connectivity index (χ0v) is 16.2. The Hall–Kier alpha value is -3.19. The molecule has 28 heavy (non-hydrogen) atoms. The van der Waals surface area contributed by atoms with Crippen LogP contribution in [-0.4, -0.2) is 21.4 Å². The van der Waals surface area contributed by atoms with E-state index in [1.165, 1.54) is 41.7 Å². The summed E-state index contributed by atoms with van der Waals surface area (Å²) in [7, 11) is -2.28. The zero-order chi connectivity index (χ0) is 20.3. The van der Waals surface area contributed by atoms with Gasteiger partial charge in [0.05, 0.1) is 10.6 Å². The van der Waals surface area contributed by atoms with Crippen molar-refractivity contribution in [3.8, 4) is 0 Å². The predicted molar refractivity (Wildman–Crippen MR) is 108 cm³/mol. The quantitative estimate of drug-likeness (QED) is 0.700. The average molecular weight is 398 g/mol. The molecule has 0 saturated carbocycles. The van der Waals surface area contributed by atoms with Crippen LogP contribution in [0.15, 0.2) is 77.7 Å². The number of benzene rings is 3. The van der Waals surface area contributed by atoms with Gasteiger partial charge in [0.2, 0.25) is 0 Å². The summed E-state index contributed by atoms with van der Waals surface area (Å²) in [5.74, 6) is -0.869. The van der Waals surface area contributed by atoms with Gasteiger partial charge in [0, 0.05) is 18.3 Å². The van der Waals surface area contributed by atoms with Gasteiger partial charge < -0.3 is 5.32 Å². The second kappa shape index (κ2) is 7.82. The highest BCUT2D eigenvalue weighted by Gasteiger charge is 2.21. The van der Waals surface area contributed by atoms with Crippen molar-refractivity contribution in [3.05, 3.63) is 89.7 Å². The van der Waals surface area contributed by atoms with Crippen LogP contribution in [0.3, 0.4) is 0 Å². The lowest BCUT2D eigenvalue weighted by Gasteiger charge is -2.19. The molecule has 0 aliphatic rings. The first-order chi connectivity index (χ1) is 13.3. The molecule has 0 atom stereocenters. The van der Waals surface area contributed by atoms with Crippen LogP contribution in [0.2, 0.25) is 0 Å². The topological polar surface area (TPSA) is 66.5 Å². The SMILES string of the molecule is Cc1ccc(NC(=O)c2ccc(S(=O)(=O)N(C)c3ccccc3)cc2)cc1F. The number of para-hydroxylation sites is 1. The summed E-state index contributed by atoms with van der Waals surface area (Å²) in [6.45, 7) is 1.63. The van der Waals surface area contributed by atoms with Crippen LogP contribution >= 0.6 is 0 Å². The van der Waals surface area contributed by atoms with Crippen molar-refractivity contribution in [2.75, 3.05) is 16.7 Å². The summed E-state index contributed by atoms with van der Waals surface area (Å²) >= 11 is 0. The number of halogens is 1. The van der Waals surface area contributed by atoms with Gasteiger partial charge in [-0.15, -0.1) is 0 Å². The molecule has 0 aliphatic carbocycles. The number of nitrogens with one attached hydrogen (secondary N) is 1. The number of aryl methyl sites for hydroxylation is 1. The van der Waals surface area contributed by atoms with E-state index in [1.54, 1.807) is 49.4 Å². The summed E-state index contributed by atoms with van der Waals surface area (Å²) in [5.41, 5.74) is 1.61. The van der Waals surface area contributed by atoms with Gasteiger partial charge >= 0.3 is 0 Å². The molecule has 0 unspecified atom stereocenters. The number of sulfonamides is 1. The molecule has 0 aliphatic heterocycles. The number of carbonyl (C=O) groups excluding carboxylic acids is 1. The number of amides is 1. The normalized spacial score (nSPS) is 11.1. The molecule has 3 aromatic rings. The standard InChI is InChI=1S/C21H19FN2O3S/c1-15-8-11-17(14-20(15)22)23-21(25)16-9-12-19(13-10-16)28(26,27)24(2)18-6-4-3-5-7-18/h3-14H,1-2H3,(H,23,25). The van der Waals surface area contributed by atoms with Crippen LogP contribution in [0.1, 0.15) is 15.9 Å². The Balaban J connectivity index is 1.78. The molecule has 1 amide bonds. The second-order valence-electron chi connectivity index (χ2n) is 6.25. The number of rotatable bonds is 5. The van der Waals surface area contributed by atoms with E-state index in [2.05, 4.69) is 5.32 Å². The van der Waals surface area contributed by atoms with Gasteiger partial charge in [-0.2, -0.15) is 0 Å². The lowest BCUT2D eigenvalue weighted by molar-refractivity contribution is 0.102. The number of nitrogens with zero attached hydrogens (tertiary/aromatic N) is 1. The fourth-order valence-corrected chi connectivity index (χ4v) is 3.78. The zero-order valence-electron chi connectivity index (χ0n) is 15.4. The molecular weight excluding hydrogens is 379 g/mol. The lowest BCUT2D eigenvalue weighted by atomic mass is 10.2. The molecule has 5 nitrogen and oxygen atoms in total. The van der Waals surface area contributed by atoms with E-state index in [9.17, 15) is 17.6 Å². The van der Waals surface area contributed by atoms with Crippen LogP contribution < -0.4 is 9.62 Å². The Morgan fingerprint density at radius 1 is 0.964 bits per heavy atom. The predicted octanol–water partition coefficient (Wildman–Crippen LogP) is 4.21. The largest absolute Gasteiger partial charge is 0.322 e. The molecule has 7 heteroatoms. The average Bonchev–Trinajstić information content (AvgIpc) is 2.71. The molecule has 0 fully saturated rings. The fourth-order valence-electron chi connectivity index (χ4n) is 2.59. The molecule has 0 aromatic heterocycles. The van der Waals surface area contributed by atoms with Crippen molar-refractivity contribution >= 4 is 27.3 Å². The summed E-state index contributed by atoms with van der Waals surface area (Å²) in [5, 5.41) is 2.59. The first-order valence-electron chi connectivity index (χ1n) is 8.50. The van der Waals surface area contributed by atoms with Crippen LogP contribution in [0.5, 0.6) is 0 Å². The van der Waals surface area contributed by atoms with E-state index >= 15 is 0 Å². The van der Waals surface area contributed by atoms with Crippen molar-refractivity contribution < 1.29 is 17.6 Å². The van der Waals surface area contributed by atoms with Crippen LogP contribution in [0, 0.1) is 12.7 Å². The molecule has 0 radical (unpaired) electrons. The van der Waals surface area contributed by atoms with Gasteiger partial charge in [-0.1, -0.05) is 24.3 Å². The molecule has 0 saturated heterocycles. The van der Waals surface area contributed by atoms with Gasteiger partial charge in [0.1, 0.15) is 5.82 Å². The van der Waals surface area contributed by atoms with Crippen molar-refractivity contribution in [1.82, 2.24) is 0 Å². The minimum Gasteiger partial charge on any atom is -0.322 e. The highest BCUT2D eigenvalue weighted by Crippen LogP contribution is 2.22. The third kappa shape index (κ3) is 4.04. The molecule has 3 rings (SSSR count). The maximum atomic E-state index is 13.6. The first-order valence-corrected chi connectivity index (χ1v) is 9.94. The fraction of sp³-hybridized carbons (Fsp3) is 0.0952. The van der Waals surface area contributed by atoms with Gasteiger partial charge in [0.25, 0.3) is 15.9 Å². The Labute approximate surface area is 163 Å². The maximum absolute atomic E-state index is 13.6. The second-order valence-corrected chi connectivity index (χ2v) is 8.22. The van der Waals surface area contributed by atoms with E-state index in [-0.39, 0.29) is 10.5 Å². The molecule has 1 N–H and O–H groups in total. The van der Waals surface area contributed by atoms with Crippen LogP contribution in [-0.2, 0) is 10.0 Å². The van der Waals surface area contributed by atoms with Crippen LogP contribution in [0.4, 0.5) is 15.8 Å². The summed E-state index contributed by atoms with van der Waals surface area (Å²) < 4.78 is 40.3. The van der Waals surface area contributed by atoms with E-state index in [4.69, 9.17) is 0 Å². The smallest absolute Gasteiger partial charge is 0.264 e. The molecule has 144 valence electrons. The molecular formula is C21H19FN2O3S. The highest BCUT2D eigenvalue weighted by atomic mass is 32.2. The Morgan fingerprint density at radius 2 is 1.61 bits per heavy atom. The Kier molecular flexibility index (Phi) is 5.46. The number of anilines is 2.